The van der Waals surface area contributed by atoms with Crippen LogP contribution in [0.25, 0.3) is 17.2 Å². The molecule has 39 heavy (non-hydrogen) atoms. The molecule has 0 saturated carbocycles. The summed E-state index contributed by atoms with van der Waals surface area (Å²) in [6, 6.07) is 24.1. The number of carbonyl (C=O) groups excluding carboxylic acids is 2. The first-order valence-corrected chi connectivity index (χ1v) is 13.7. The number of alkyl carbamates (subject to hydrolysis) is 1. The molecule has 2 N–H and O–H groups in total. The number of rotatable bonds is 7. The first-order chi connectivity index (χ1) is 18.8. The Balaban J connectivity index is 1.13. The smallest absolute Gasteiger partial charge is 0.407 e. The highest BCUT2D eigenvalue weighted by Gasteiger charge is 2.29. The zero-order valence-corrected chi connectivity index (χ0v) is 22.9. The summed E-state index contributed by atoms with van der Waals surface area (Å²) in [4.78, 5) is 25.0. The Hall–Kier alpha value is -4.12. The third-order valence-electron chi connectivity index (χ3n) is 7.89. The highest BCUT2D eigenvalue weighted by molar-refractivity contribution is 5.94. The van der Waals surface area contributed by atoms with Crippen molar-refractivity contribution in [3.8, 4) is 11.1 Å². The van der Waals surface area contributed by atoms with Gasteiger partial charge >= 0.3 is 6.09 Å². The highest BCUT2D eigenvalue weighted by Crippen LogP contribution is 2.44. The first kappa shape index (κ1) is 26.5. The molecule has 3 aromatic carbocycles. The number of fused-ring (bicyclic) bond motifs is 3. The molecule has 2 amide bonds. The molecule has 0 atom stereocenters. The van der Waals surface area contributed by atoms with E-state index in [1.807, 2.05) is 48.5 Å². The molecule has 0 spiro atoms. The lowest BCUT2D eigenvalue weighted by molar-refractivity contribution is -0.115. The molecule has 0 saturated heterocycles. The molecular weight excluding hydrogens is 484 g/mol. The summed E-state index contributed by atoms with van der Waals surface area (Å²) in [7, 11) is 0. The number of carbonyl (C=O) groups is 2. The Morgan fingerprint density at radius 2 is 1.64 bits per heavy atom. The van der Waals surface area contributed by atoms with Gasteiger partial charge in [-0.15, -0.1) is 0 Å². The second kappa shape index (κ2) is 11.3. The Labute approximate surface area is 231 Å². The Morgan fingerprint density at radius 1 is 0.949 bits per heavy atom. The van der Waals surface area contributed by atoms with Crippen molar-refractivity contribution in [2.24, 2.45) is 5.41 Å². The van der Waals surface area contributed by atoms with E-state index in [2.05, 4.69) is 67.8 Å². The zero-order valence-electron chi connectivity index (χ0n) is 22.9. The number of ether oxygens (including phenoxy) is 1. The number of nitrogens with one attached hydrogen (secondary N) is 2. The maximum Gasteiger partial charge on any atom is 0.407 e. The van der Waals surface area contributed by atoms with Crippen LogP contribution in [0.5, 0.6) is 0 Å². The molecule has 2 aliphatic carbocycles. The summed E-state index contributed by atoms with van der Waals surface area (Å²) in [6.07, 6.45) is 7.29. The van der Waals surface area contributed by atoms with Crippen LogP contribution in [0.1, 0.15) is 62.6 Å². The predicted octanol–water partition coefficient (Wildman–Crippen LogP) is 7.70. The third kappa shape index (κ3) is 5.98. The average Bonchev–Trinajstić information content (AvgIpc) is 3.24. The lowest BCUT2D eigenvalue weighted by Crippen LogP contribution is -2.33. The second-order valence-corrected chi connectivity index (χ2v) is 11.1. The fourth-order valence-corrected chi connectivity index (χ4v) is 5.92. The Morgan fingerprint density at radius 3 is 2.33 bits per heavy atom. The SMILES string of the molecule is CC1=C(C=Cc2cccc(NC(=O)CNC(=O)OCC3c4ccccc4-c4ccccc43)c2)C(C)(C)CCC1. The fourth-order valence-electron chi connectivity index (χ4n) is 5.92. The summed E-state index contributed by atoms with van der Waals surface area (Å²) < 4.78 is 5.53. The van der Waals surface area contributed by atoms with Crippen molar-refractivity contribution in [2.75, 3.05) is 18.5 Å². The van der Waals surface area contributed by atoms with E-state index in [4.69, 9.17) is 4.74 Å². The van der Waals surface area contributed by atoms with Crippen LogP contribution in [0.2, 0.25) is 0 Å². The molecule has 0 bridgehead atoms. The van der Waals surface area contributed by atoms with Crippen LogP contribution >= 0.6 is 0 Å². The van der Waals surface area contributed by atoms with Gasteiger partial charge in [0.2, 0.25) is 5.91 Å². The van der Waals surface area contributed by atoms with Crippen molar-refractivity contribution in [2.45, 2.75) is 46.0 Å². The largest absolute Gasteiger partial charge is 0.449 e. The van der Waals surface area contributed by atoms with Crippen molar-refractivity contribution >= 4 is 23.8 Å². The molecule has 5 heteroatoms. The van der Waals surface area contributed by atoms with E-state index in [0.717, 1.165) is 23.1 Å². The van der Waals surface area contributed by atoms with E-state index in [-0.39, 0.29) is 30.4 Å². The summed E-state index contributed by atoms with van der Waals surface area (Å²) in [6.45, 7) is 6.87. The van der Waals surface area contributed by atoms with E-state index in [1.54, 1.807) is 0 Å². The maximum absolute atomic E-state index is 12.5. The van der Waals surface area contributed by atoms with Crippen LogP contribution in [0.4, 0.5) is 10.5 Å². The van der Waals surface area contributed by atoms with Gasteiger partial charge in [-0.3, -0.25) is 4.79 Å². The van der Waals surface area contributed by atoms with Gasteiger partial charge in [-0.2, -0.15) is 0 Å². The molecule has 5 rings (SSSR count). The van der Waals surface area contributed by atoms with Gasteiger partial charge in [0.15, 0.2) is 0 Å². The zero-order chi connectivity index (χ0) is 27.4. The van der Waals surface area contributed by atoms with Gasteiger partial charge in [0.05, 0.1) is 0 Å². The van der Waals surface area contributed by atoms with Crippen LogP contribution in [0.3, 0.4) is 0 Å². The van der Waals surface area contributed by atoms with Crippen molar-refractivity contribution < 1.29 is 14.3 Å². The molecule has 2 aliphatic rings. The highest BCUT2D eigenvalue weighted by atomic mass is 16.5. The van der Waals surface area contributed by atoms with Crippen molar-refractivity contribution in [1.82, 2.24) is 5.32 Å². The number of hydrogen-bond acceptors (Lipinski definition) is 3. The van der Waals surface area contributed by atoms with Gasteiger partial charge in [-0.05, 0) is 77.1 Å². The fraction of sp³-hybridized carbons (Fsp3) is 0.294. The molecular formula is C34H36N2O3. The van der Waals surface area contributed by atoms with E-state index in [9.17, 15) is 9.59 Å². The van der Waals surface area contributed by atoms with Crippen molar-refractivity contribution in [1.29, 1.82) is 0 Å². The molecule has 0 aromatic heterocycles. The number of amides is 2. The van der Waals surface area contributed by atoms with Gasteiger partial charge in [-0.1, -0.05) is 92.2 Å². The third-order valence-corrected chi connectivity index (χ3v) is 7.89. The summed E-state index contributed by atoms with van der Waals surface area (Å²) in [5.74, 6) is -0.330. The van der Waals surface area contributed by atoms with Crippen LogP contribution in [0, 0.1) is 5.41 Å². The standard InChI is InChI=1S/C34H36N2O3/c1-23-10-9-19-34(2,3)31(23)18-17-24-11-8-12-25(20-24)36-32(37)21-35-33(38)39-22-30-28-15-6-4-13-26(28)27-14-5-7-16-29(27)30/h4-8,11-18,20,30H,9-10,19,21-22H2,1-3H3,(H,35,38)(H,36,37). The predicted molar refractivity (Wildman–Crippen MR) is 158 cm³/mol. The second-order valence-electron chi connectivity index (χ2n) is 11.1. The molecule has 0 unspecified atom stereocenters. The van der Waals surface area contributed by atoms with Gasteiger partial charge < -0.3 is 15.4 Å². The Kier molecular flexibility index (Phi) is 7.69. The van der Waals surface area contributed by atoms with Gasteiger partial charge in [0.25, 0.3) is 0 Å². The minimum absolute atomic E-state index is 0.0218. The van der Waals surface area contributed by atoms with E-state index in [1.165, 1.54) is 35.1 Å². The average molecular weight is 521 g/mol. The minimum Gasteiger partial charge on any atom is -0.449 e. The van der Waals surface area contributed by atoms with Gasteiger partial charge in [-0.25, -0.2) is 4.79 Å². The quantitative estimate of drug-likeness (QED) is 0.335. The number of anilines is 1. The minimum atomic E-state index is -0.609. The van der Waals surface area contributed by atoms with E-state index >= 15 is 0 Å². The molecule has 0 radical (unpaired) electrons. The lowest BCUT2D eigenvalue weighted by atomic mass is 9.72. The van der Waals surface area contributed by atoms with Crippen LogP contribution < -0.4 is 10.6 Å². The number of allylic oxidation sites excluding steroid dienone is 3. The van der Waals surface area contributed by atoms with Crippen molar-refractivity contribution in [3.05, 3.63) is 107 Å². The lowest BCUT2D eigenvalue weighted by Gasteiger charge is -2.32. The summed E-state index contributed by atoms with van der Waals surface area (Å²) in [5.41, 5.74) is 9.37. The van der Waals surface area contributed by atoms with Crippen LogP contribution in [-0.4, -0.2) is 25.2 Å². The number of hydrogen-bond donors (Lipinski definition) is 2. The normalized spacial score (nSPS) is 16.1. The maximum atomic E-state index is 12.5. The summed E-state index contributed by atoms with van der Waals surface area (Å²) >= 11 is 0. The summed E-state index contributed by atoms with van der Waals surface area (Å²) in [5, 5.41) is 5.45. The van der Waals surface area contributed by atoms with Crippen LogP contribution in [-0.2, 0) is 9.53 Å². The molecule has 5 nitrogen and oxygen atoms in total. The topological polar surface area (TPSA) is 67.4 Å². The number of benzene rings is 3. The molecule has 3 aromatic rings. The van der Waals surface area contributed by atoms with Gasteiger partial charge in [0.1, 0.15) is 13.2 Å². The van der Waals surface area contributed by atoms with Crippen molar-refractivity contribution in [3.63, 3.8) is 0 Å². The molecule has 0 heterocycles. The first-order valence-electron chi connectivity index (χ1n) is 13.7. The van der Waals surface area contributed by atoms with E-state index < -0.39 is 6.09 Å². The molecule has 0 fully saturated rings. The monoisotopic (exact) mass is 520 g/mol. The van der Waals surface area contributed by atoms with E-state index in [0.29, 0.717) is 5.69 Å². The molecule has 0 aliphatic heterocycles. The molecule has 200 valence electrons. The Bertz CT molecular complexity index is 1400. The van der Waals surface area contributed by atoms with Crippen LogP contribution in [0.15, 0.2) is 90.0 Å². The van der Waals surface area contributed by atoms with Gasteiger partial charge in [0, 0.05) is 11.6 Å².